The molecule has 7 N–H and O–H groups in total. The monoisotopic (exact) mass is 1430 g/mol. The van der Waals surface area contributed by atoms with E-state index in [4.69, 9.17) is 33.8 Å². The highest BCUT2D eigenvalue weighted by Crippen LogP contribution is 2.72. The number of aliphatic carboxylic acids is 1. The predicted molar refractivity (Wildman–Crippen MR) is 376 cm³/mol. The number of fused-ring (bicyclic) bond motifs is 2. The Hall–Kier alpha value is -9.29. The zero-order chi connectivity index (χ0) is 72.5. The van der Waals surface area contributed by atoms with Crippen LogP contribution in [0, 0.1) is 23.2 Å². The number of ketones is 1. The van der Waals surface area contributed by atoms with Gasteiger partial charge in [-0.1, -0.05) is 68.0 Å². The molecule has 2 saturated heterocycles. The molecule has 28 heteroatoms. The molecule has 0 spiro atoms. The summed E-state index contributed by atoms with van der Waals surface area (Å²) >= 11 is 1.41. The fraction of sp³-hybridized carbons (Fsp3) is 0.480. The number of carbonyl (C=O) groups is 8. The van der Waals surface area contributed by atoms with Gasteiger partial charge >= 0.3 is 18.0 Å². The molecule has 4 aliphatic heterocycles. The number of aliphatic hydroxyl groups is 3. The summed E-state index contributed by atoms with van der Waals surface area (Å²) in [6.07, 6.45) is 5.54. The van der Waals surface area contributed by atoms with E-state index in [1.54, 1.807) is 35.4 Å². The highest BCUT2D eigenvalue weighted by molar-refractivity contribution is 7.22. The van der Waals surface area contributed by atoms with Crippen LogP contribution in [0.25, 0.3) is 27.4 Å². The van der Waals surface area contributed by atoms with E-state index in [2.05, 4.69) is 29.5 Å². The largest absolute Gasteiger partial charge is 0.479 e. The molecule has 544 valence electrons. The predicted octanol–water partition coefficient (Wildman–Crippen LogP) is 8.50. The van der Waals surface area contributed by atoms with E-state index >= 15 is 0 Å². The second-order valence-electron chi connectivity index (χ2n) is 29.3. The highest BCUT2D eigenvalue weighted by Gasteiger charge is 2.66. The summed E-state index contributed by atoms with van der Waals surface area (Å²) in [5, 5.41) is 63.2. The Morgan fingerprint density at radius 3 is 2.31 bits per heavy atom. The Bertz CT molecular complexity index is 4290. The molecule has 3 aromatic carbocycles. The third kappa shape index (κ3) is 15.8. The molecule has 5 amide bonds. The average molecular weight is 1430 g/mol. The van der Waals surface area contributed by atoms with Crippen LogP contribution >= 0.6 is 11.3 Å². The molecule has 2 unspecified atom stereocenters. The number of pyridine rings is 1. The fourth-order valence-corrected chi connectivity index (χ4v) is 18.2. The molecule has 4 saturated carbocycles. The van der Waals surface area contributed by atoms with Crippen LogP contribution in [-0.2, 0) is 62.4 Å². The molecule has 14 rings (SSSR count). The lowest BCUT2D eigenvalue weighted by molar-refractivity contribution is -0.271. The van der Waals surface area contributed by atoms with Gasteiger partial charge in [0.25, 0.3) is 17.7 Å². The number of carbonyl (C=O) groups excluding carboxylic acids is 6. The van der Waals surface area contributed by atoms with Crippen LogP contribution in [0.2, 0.25) is 0 Å². The quantitative estimate of drug-likeness (QED) is 0.0171. The topological polar surface area (TPSA) is 361 Å². The van der Waals surface area contributed by atoms with Crippen molar-refractivity contribution >= 4 is 91.7 Å². The van der Waals surface area contributed by atoms with Crippen molar-refractivity contribution in [2.75, 3.05) is 61.6 Å². The van der Waals surface area contributed by atoms with E-state index in [1.807, 2.05) is 65.0 Å². The molecule has 4 bridgehead atoms. The van der Waals surface area contributed by atoms with Gasteiger partial charge in [-0.2, -0.15) is 5.10 Å². The summed E-state index contributed by atoms with van der Waals surface area (Å²) in [6.45, 7) is 9.43. The number of aromatic nitrogens is 4. The van der Waals surface area contributed by atoms with Gasteiger partial charge in [-0.25, -0.2) is 24.4 Å². The SMILES string of the molecule is Cc1c(-c2ccc(N3CCc4cccc(C(=O)Nc5nc6ccccc6s5)c4C3)nc2C(=O)O)cnn1CC12CC3(C)CC(C)(C1)CC(OCCN(C(=O)OC/C=C/c1ccc(O[C@@H]4O[C@H](C(=O)O)[C@@H](O)[C@H](O)[C@H]4O)c(NC(=O)CCCC(=O)CCCCCN4C(=O)C=CC4=O)c1)C1COC1)(C3)C2. The first kappa shape index (κ1) is 72.1. The van der Waals surface area contributed by atoms with Crippen molar-refractivity contribution in [3.63, 3.8) is 0 Å². The van der Waals surface area contributed by atoms with Crippen molar-refractivity contribution in [3.05, 3.63) is 131 Å². The lowest BCUT2D eigenvalue weighted by Gasteiger charge is -2.69. The number of imide groups is 1. The van der Waals surface area contributed by atoms with Crippen molar-refractivity contribution in [3.8, 4) is 16.9 Å². The standard InChI is InChI=1S/C75H85N9O18S/c1-44-51(49-21-23-57(79-61(49)67(93)94)81-28-26-46-13-9-16-50(52(46)34-81)66(92)80-70-78-53-17-6-7-18-56(53)103-70)33-76-84(44)43-74-38-72(2)37-73(3,39-74)41-75(40-72,42-74)100-31-29-82(47-35-98-36-47)71(97)99-30-11-12-45-20-22-55(101-69-64(91)62(89)63(90)65(102-69)68(95)96)54(32-45)77-58(86)19-10-15-48(85)14-5-4-8-27-83-59(87)24-25-60(83)88/h6-7,9,11-13,16-18,20-25,32-33,47,62-65,69,89-91H,4-5,8,10,14-15,19,26-31,34-43H2,1-3H3,(H,77,86)(H,93,94)(H,95,96)(H,78,80,92)/b12-11+/t62-,63-,64+,65-,69+,72?,73?,74?,75?/m0/s1. The minimum Gasteiger partial charge on any atom is -0.479 e. The van der Waals surface area contributed by atoms with Crippen molar-refractivity contribution < 1.29 is 87.6 Å². The summed E-state index contributed by atoms with van der Waals surface area (Å²) < 4.78 is 32.7. The van der Waals surface area contributed by atoms with Gasteiger partial charge in [0.1, 0.15) is 42.3 Å². The van der Waals surface area contributed by atoms with Gasteiger partial charge in [0.2, 0.25) is 12.2 Å². The van der Waals surface area contributed by atoms with Gasteiger partial charge in [0, 0.05) is 86.5 Å². The number of para-hydroxylation sites is 1. The molecule has 4 aliphatic carbocycles. The lowest BCUT2D eigenvalue weighted by Crippen LogP contribution is -2.64. The van der Waals surface area contributed by atoms with Gasteiger partial charge in [0.15, 0.2) is 16.9 Å². The van der Waals surface area contributed by atoms with E-state index in [9.17, 15) is 63.9 Å². The molecular formula is C75H85N9O18S. The average Bonchev–Trinajstić information content (AvgIpc) is 1.04. The minimum absolute atomic E-state index is 0.0378. The second-order valence-corrected chi connectivity index (χ2v) is 30.4. The molecule has 6 fully saturated rings. The third-order valence-corrected chi connectivity index (χ3v) is 22.0. The number of aromatic carboxylic acids is 1. The molecule has 27 nitrogen and oxygen atoms in total. The smallest absolute Gasteiger partial charge is 0.410 e. The van der Waals surface area contributed by atoms with Crippen molar-refractivity contribution in [1.82, 2.24) is 29.5 Å². The van der Waals surface area contributed by atoms with Crippen LogP contribution in [0.1, 0.15) is 141 Å². The summed E-state index contributed by atoms with van der Waals surface area (Å²) in [6, 6.07) is 21.3. The first-order valence-electron chi connectivity index (χ1n) is 35.0. The normalized spacial score (nSPS) is 25.6. The van der Waals surface area contributed by atoms with E-state index in [0.29, 0.717) is 91.7 Å². The number of hydrogen-bond donors (Lipinski definition) is 7. The van der Waals surface area contributed by atoms with Crippen LogP contribution < -0.4 is 20.3 Å². The van der Waals surface area contributed by atoms with E-state index in [-0.39, 0.29) is 115 Å². The first-order valence-corrected chi connectivity index (χ1v) is 35.9. The number of unbranched alkanes of at least 4 members (excludes halogenated alkanes) is 2. The Balaban J connectivity index is 0.630. The summed E-state index contributed by atoms with van der Waals surface area (Å²) in [7, 11) is 0. The Kier molecular flexibility index (Phi) is 20.9. The number of carboxylic acid groups (broad SMARTS) is 2. The number of benzene rings is 3. The number of anilines is 3. The number of hydrogen-bond acceptors (Lipinski definition) is 21. The molecule has 0 radical (unpaired) electrons. The Labute approximate surface area is 597 Å². The number of aliphatic hydroxyl groups excluding tert-OH is 3. The zero-order valence-electron chi connectivity index (χ0n) is 57.6. The van der Waals surface area contributed by atoms with Crippen molar-refractivity contribution in [2.45, 2.75) is 166 Å². The molecule has 7 atom stereocenters. The third-order valence-electron chi connectivity index (χ3n) is 21.1. The number of Topliss-reactive ketones (excluding diaryl/α,β-unsaturated/α-hetero) is 1. The Morgan fingerprint density at radius 2 is 1.57 bits per heavy atom. The minimum atomic E-state index is -1.97. The zero-order valence-corrected chi connectivity index (χ0v) is 58.4. The van der Waals surface area contributed by atoms with Crippen molar-refractivity contribution in [1.29, 1.82) is 0 Å². The van der Waals surface area contributed by atoms with E-state index < -0.39 is 60.2 Å². The second kappa shape index (κ2) is 29.8. The molecular weight excluding hydrogens is 1350 g/mol. The number of amides is 5. The van der Waals surface area contributed by atoms with E-state index in [0.717, 1.165) is 70.5 Å². The molecule has 7 heterocycles. The highest BCUT2D eigenvalue weighted by atomic mass is 32.1. The maximum atomic E-state index is 14.0. The first-order chi connectivity index (χ1) is 49.3. The number of nitrogens with zero attached hydrogens (tertiary/aromatic N) is 7. The van der Waals surface area contributed by atoms with Crippen LogP contribution in [-0.4, -0.2) is 191 Å². The van der Waals surface area contributed by atoms with Crippen LogP contribution in [0.5, 0.6) is 5.75 Å². The van der Waals surface area contributed by atoms with Gasteiger partial charge < -0.3 is 59.4 Å². The molecule has 6 aromatic rings. The molecule has 103 heavy (non-hydrogen) atoms. The number of ether oxygens (including phenoxy) is 5. The van der Waals surface area contributed by atoms with Crippen LogP contribution in [0.4, 0.5) is 21.4 Å². The van der Waals surface area contributed by atoms with E-state index in [1.165, 1.54) is 35.6 Å². The van der Waals surface area contributed by atoms with Gasteiger partial charge in [-0.05, 0) is 153 Å². The summed E-state index contributed by atoms with van der Waals surface area (Å²) in [4.78, 5) is 117. The number of thiazole rings is 1. The molecule has 8 aliphatic rings. The van der Waals surface area contributed by atoms with Crippen LogP contribution in [0.15, 0.2) is 97.2 Å². The maximum Gasteiger partial charge on any atom is 0.410 e. The Morgan fingerprint density at radius 1 is 0.806 bits per heavy atom. The maximum absolute atomic E-state index is 14.0. The summed E-state index contributed by atoms with van der Waals surface area (Å²) in [5.41, 5.74) is 4.84. The van der Waals surface area contributed by atoms with Gasteiger partial charge in [0.05, 0.1) is 53.6 Å². The number of carboxylic acids is 2. The van der Waals surface area contributed by atoms with Gasteiger partial charge in [-0.15, -0.1) is 0 Å². The fourth-order valence-electron chi connectivity index (χ4n) is 17.3. The van der Waals surface area contributed by atoms with Gasteiger partial charge in [-0.3, -0.25) is 43.8 Å². The summed E-state index contributed by atoms with van der Waals surface area (Å²) in [5.74, 6) is -3.96. The lowest BCUT2D eigenvalue weighted by atomic mass is 9.39. The number of nitrogens with one attached hydrogen (secondary N) is 2. The van der Waals surface area contributed by atoms with Crippen molar-refractivity contribution in [2.24, 2.45) is 16.2 Å². The molecule has 3 aromatic heterocycles. The van der Waals surface area contributed by atoms with Crippen LogP contribution in [0.3, 0.4) is 0 Å². The number of rotatable bonds is 29.